The van der Waals surface area contributed by atoms with Gasteiger partial charge in [0, 0.05) is 12.4 Å². The van der Waals surface area contributed by atoms with Crippen LogP contribution >= 0.6 is 0 Å². The van der Waals surface area contributed by atoms with Gasteiger partial charge in [0.1, 0.15) is 5.82 Å². The van der Waals surface area contributed by atoms with Gasteiger partial charge in [0.2, 0.25) is 0 Å². The summed E-state index contributed by atoms with van der Waals surface area (Å²) in [4.78, 5) is 7.29. The highest BCUT2D eigenvalue weighted by Crippen LogP contribution is 2.16. The Balaban J connectivity index is 2.17. The van der Waals surface area contributed by atoms with Gasteiger partial charge >= 0.3 is 0 Å². The summed E-state index contributed by atoms with van der Waals surface area (Å²) < 4.78 is 0. The van der Waals surface area contributed by atoms with Gasteiger partial charge in [-0.3, -0.25) is 5.84 Å². The zero-order valence-electron chi connectivity index (χ0n) is 9.27. The summed E-state index contributed by atoms with van der Waals surface area (Å²) in [6, 6.07) is 8.32. The molecule has 0 amide bonds. The number of hydrazine groups is 1. The normalized spacial score (nSPS) is 12.6. The fourth-order valence-electron chi connectivity index (χ4n) is 1.76. The quantitative estimate of drug-likeness (QED) is 0.535. The molecule has 1 heterocycles. The van der Waals surface area contributed by atoms with Crippen molar-refractivity contribution in [1.82, 2.24) is 15.4 Å². The molecule has 1 atom stereocenters. The third-order valence-corrected chi connectivity index (χ3v) is 2.74. The van der Waals surface area contributed by atoms with Crippen LogP contribution in [0.3, 0.4) is 0 Å². The highest BCUT2D eigenvalue weighted by atomic mass is 15.2. The van der Waals surface area contributed by atoms with Crippen LogP contribution in [0.5, 0.6) is 0 Å². The first-order valence-electron chi connectivity index (χ1n) is 5.31. The molecular weight excluding hydrogens is 200 g/mol. The summed E-state index contributed by atoms with van der Waals surface area (Å²) in [6.07, 6.45) is 4.37. The van der Waals surface area contributed by atoms with Crippen LogP contribution in [0, 0.1) is 6.92 Å². The van der Waals surface area contributed by atoms with Gasteiger partial charge in [-0.25, -0.2) is 10.4 Å². The highest BCUT2D eigenvalue weighted by Gasteiger charge is 2.13. The first kappa shape index (κ1) is 10.9. The zero-order valence-corrected chi connectivity index (χ0v) is 9.27. The second-order valence-corrected chi connectivity index (χ2v) is 3.82. The molecule has 0 fully saturated rings. The SMILES string of the molecule is Cc1ccccc1CC(NN)c1ncc[nH]1. The number of H-pyrrole nitrogens is 1. The van der Waals surface area contributed by atoms with E-state index in [-0.39, 0.29) is 6.04 Å². The van der Waals surface area contributed by atoms with Gasteiger partial charge in [0.25, 0.3) is 0 Å². The number of aromatic nitrogens is 2. The van der Waals surface area contributed by atoms with Crippen LogP contribution in [0.15, 0.2) is 36.7 Å². The van der Waals surface area contributed by atoms with E-state index in [0.29, 0.717) is 0 Å². The summed E-state index contributed by atoms with van der Waals surface area (Å²) in [5.74, 6) is 6.42. The monoisotopic (exact) mass is 216 g/mol. The smallest absolute Gasteiger partial charge is 0.124 e. The van der Waals surface area contributed by atoms with Gasteiger partial charge in [-0.05, 0) is 24.5 Å². The van der Waals surface area contributed by atoms with Crippen molar-refractivity contribution in [2.24, 2.45) is 5.84 Å². The number of benzene rings is 1. The van der Waals surface area contributed by atoms with Crippen molar-refractivity contribution in [1.29, 1.82) is 0 Å². The van der Waals surface area contributed by atoms with E-state index in [9.17, 15) is 0 Å². The van der Waals surface area contributed by atoms with Crippen molar-refractivity contribution in [3.63, 3.8) is 0 Å². The molecule has 1 aromatic heterocycles. The van der Waals surface area contributed by atoms with E-state index in [1.54, 1.807) is 12.4 Å². The topological polar surface area (TPSA) is 66.7 Å². The molecule has 0 spiro atoms. The number of nitrogens with two attached hydrogens (primary N) is 1. The summed E-state index contributed by atoms with van der Waals surface area (Å²) in [6.45, 7) is 2.10. The Kier molecular flexibility index (Phi) is 3.34. The summed E-state index contributed by atoms with van der Waals surface area (Å²) in [5.41, 5.74) is 5.34. The second kappa shape index (κ2) is 4.92. The number of hydrogen-bond donors (Lipinski definition) is 3. The molecule has 1 unspecified atom stereocenters. The molecule has 0 aliphatic heterocycles. The van der Waals surface area contributed by atoms with Crippen LogP contribution < -0.4 is 11.3 Å². The van der Waals surface area contributed by atoms with Gasteiger partial charge in [0.15, 0.2) is 0 Å². The van der Waals surface area contributed by atoms with Crippen LogP contribution in [0.4, 0.5) is 0 Å². The van der Waals surface area contributed by atoms with Gasteiger partial charge in [0.05, 0.1) is 6.04 Å². The number of aryl methyl sites for hydroxylation is 1. The first-order valence-corrected chi connectivity index (χ1v) is 5.31. The number of nitrogens with zero attached hydrogens (tertiary/aromatic N) is 1. The molecular formula is C12H16N4. The first-order chi connectivity index (χ1) is 7.81. The van der Waals surface area contributed by atoms with Crippen LogP contribution in [-0.4, -0.2) is 9.97 Å². The van der Waals surface area contributed by atoms with Crippen molar-refractivity contribution in [3.05, 3.63) is 53.6 Å². The Hall–Kier alpha value is -1.65. The van der Waals surface area contributed by atoms with Crippen molar-refractivity contribution < 1.29 is 0 Å². The molecule has 0 radical (unpaired) electrons. The Morgan fingerprint density at radius 1 is 1.44 bits per heavy atom. The molecule has 2 aromatic rings. The highest BCUT2D eigenvalue weighted by molar-refractivity contribution is 5.27. The molecule has 1 aromatic carbocycles. The minimum absolute atomic E-state index is 0.0242. The molecule has 16 heavy (non-hydrogen) atoms. The van der Waals surface area contributed by atoms with Gasteiger partial charge < -0.3 is 4.98 Å². The van der Waals surface area contributed by atoms with E-state index in [1.807, 2.05) is 12.1 Å². The Morgan fingerprint density at radius 2 is 2.25 bits per heavy atom. The van der Waals surface area contributed by atoms with Crippen molar-refractivity contribution in [2.45, 2.75) is 19.4 Å². The van der Waals surface area contributed by atoms with Crippen LogP contribution in [0.2, 0.25) is 0 Å². The predicted molar refractivity (Wildman–Crippen MR) is 63.5 cm³/mol. The molecule has 0 saturated heterocycles. The lowest BCUT2D eigenvalue weighted by atomic mass is 10.0. The van der Waals surface area contributed by atoms with Crippen LogP contribution in [0.1, 0.15) is 23.0 Å². The number of aromatic amines is 1. The van der Waals surface area contributed by atoms with E-state index in [0.717, 1.165) is 12.2 Å². The Bertz CT molecular complexity index is 436. The van der Waals surface area contributed by atoms with E-state index in [1.165, 1.54) is 11.1 Å². The lowest BCUT2D eigenvalue weighted by Gasteiger charge is -2.14. The number of imidazole rings is 1. The van der Waals surface area contributed by atoms with E-state index >= 15 is 0 Å². The maximum absolute atomic E-state index is 5.55. The number of hydrogen-bond acceptors (Lipinski definition) is 3. The Morgan fingerprint density at radius 3 is 2.88 bits per heavy atom. The number of rotatable bonds is 4. The largest absolute Gasteiger partial charge is 0.347 e. The van der Waals surface area contributed by atoms with Gasteiger partial charge in [-0.1, -0.05) is 24.3 Å². The standard InChI is InChI=1S/C12H16N4/c1-9-4-2-3-5-10(9)8-11(16-13)12-14-6-7-15-12/h2-7,11,16H,8,13H2,1H3,(H,14,15). The molecule has 2 rings (SSSR count). The molecule has 4 N–H and O–H groups in total. The summed E-state index contributed by atoms with van der Waals surface area (Å²) >= 11 is 0. The van der Waals surface area contributed by atoms with Crippen molar-refractivity contribution >= 4 is 0 Å². The third kappa shape index (κ3) is 2.29. The van der Waals surface area contributed by atoms with Gasteiger partial charge in [-0.2, -0.15) is 0 Å². The molecule has 0 saturated carbocycles. The maximum Gasteiger partial charge on any atom is 0.124 e. The molecule has 4 nitrogen and oxygen atoms in total. The summed E-state index contributed by atoms with van der Waals surface area (Å²) in [5, 5.41) is 0. The predicted octanol–water partition coefficient (Wildman–Crippen LogP) is 1.47. The molecule has 4 heteroatoms. The van der Waals surface area contributed by atoms with Crippen LogP contribution in [0.25, 0.3) is 0 Å². The average molecular weight is 216 g/mol. The molecule has 0 aliphatic carbocycles. The fraction of sp³-hybridized carbons (Fsp3) is 0.250. The minimum Gasteiger partial charge on any atom is -0.347 e. The number of nitrogens with one attached hydrogen (secondary N) is 2. The summed E-state index contributed by atoms with van der Waals surface area (Å²) in [7, 11) is 0. The van der Waals surface area contributed by atoms with Crippen LogP contribution in [-0.2, 0) is 6.42 Å². The van der Waals surface area contributed by atoms with Crippen molar-refractivity contribution in [3.8, 4) is 0 Å². The lowest BCUT2D eigenvalue weighted by Crippen LogP contribution is -2.30. The minimum atomic E-state index is 0.0242. The average Bonchev–Trinajstić information content (AvgIpc) is 2.81. The Labute approximate surface area is 94.9 Å². The fourth-order valence-corrected chi connectivity index (χ4v) is 1.76. The second-order valence-electron chi connectivity index (χ2n) is 3.82. The maximum atomic E-state index is 5.55. The van der Waals surface area contributed by atoms with E-state index in [4.69, 9.17) is 5.84 Å². The van der Waals surface area contributed by atoms with E-state index < -0.39 is 0 Å². The molecule has 84 valence electrons. The van der Waals surface area contributed by atoms with Crippen molar-refractivity contribution in [2.75, 3.05) is 0 Å². The molecule has 0 aliphatic rings. The zero-order chi connectivity index (χ0) is 11.4. The molecule has 0 bridgehead atoms. The lowest BCUT2D eigenvalue weighted by molar-refractivity contribution is 0.526. The third-order valence-electron chi connectivity index (χ3n) is 2.74. The van der Waals surface area contributed by atoms with Gasteiger partial charge in [-0.15, -0.1) is 0 Å². The van der Waals surface area contributed by atoms with E-state index in [2.05, 4.69) is 34.5 Å².